The molecular weight excluding hydrogens is 271 g/mol. The highest BCUT2D eigenvalue weighted by atomic mass is 19.1. The van der Waals surface area contributed by atoms with Crippen LogP contribution < -0.4 is 10.6 Å². The van der Waals surface area contributed by atoms with Crippen LogP contribution in [0, 0.1) is 17.2 Å². The largest absolute Gasteiger partial charge is 0.478 e. The summed E-state index contributed by atoms with van der Waals surface area (Å²) in [6.45, 7) is 8.23. The molecule has 0 radical (unpaired) electrons. The Morgan fingerprint density at radius 3 is 2.38 bits per heavy atom. The van der Waals surface area contributed by atoms with Crippen LogP contribution in [-0.4, -0.2) is 24.2 Å². The molecule has 21 heavy (non-hydrogen) atoms. The number of carboxylic acids is 1. The second kappa shape index (κ2) is 5.54. The Labute approximate surface area is 124 Å². The Kier molecular flexibility index (Phi) is 4.12. The van der Waals surface area contributed by atoms with E-state index in [2.05, 4.69) is 20.8 Å². The van der Waals surface area contributed by atoms with Crippen LogP contribution in [0.3, 0.4) is 0 Å². The third kappa shape index (κ3) is 3.12. The lowest BCUT2D eigenvalue weighted by atomic mass is 9.75. The molecule has 3 N–H and O–H groups in total. The topological polar surface area (TPSA) is 66.6 Å². The minimum absolute atomic E-state index is 0.121. The number of halogens is 1. The molecule has 0 aromatic heterocycles. The van der Waals surface area contributed by atoms with Gasteiger partial charge in [0.25, 0.3) is 0 Å². The van der Waals surface area contributed by atoms with E-state index in [1.54, 1.807) is 0 Å². The maximum absolute atomic E-state index is 13.5. The molecule has 0 spiro atoms. The lowest BCUT2D eigenvalue weighted by Gasteiger charge is -2.40. The minimum Gasteiger partial charge on any atom is -0.478 e. The quantitative estimate of drug-likeness (QED) is 0.821. The Morgan fingerprint density at radius 2 is 1.90 bits per heavy atom. The number of hydrogen-bond acceptors (Lipinski definition) is 3. The first-order valence-electron chi connectivity index (χ1n) is 7.28. The van der Waals surface area contributed by atoms with Crippen molar-refractivity contribution >= 4 is 17.3 Å². The van der Waals surface area contributed by atoms with E-state index in [1.807, 2.05) is 4.90 Å². The number of piperidine rings is 1. The van der Waals surface area contributed by atoms with Crippen LogP contribution in [0.5, 0.6) is 0 Å². The molecule has 1 saturated heterocycles. The Hall–Kier alpha value is -1.78. The molecule has 116 valence electrons. The highest BCUT2D eigenvalue weighted by molar-refractivity contribution is 6.00. The number of nitrogen functional groups attached to an aromatic ring is 1. The molecule has 1 aromatic rings. The van der Waals surface area contributed by atoms with Gasteiger partial charge in [0.2, 0.25) is 0 Å². The van der Waals surface area contributed by atoms with Crippen molar-refractivity contribution in [1.29, 1.82) is 0 Å². The van der Waals surface area contributed by atoms with E-state index in [0.29, 0.717) is 11.6 Å². The molecule has 0 aliphatic carbocycles. The fourth-order valence-corrected chi connectivity index (χ4v) is 3.06. The van der Waals surface area contributed by atoms with Crippen molar-refractivity contribution in [2.75, 3.05) is 23.7 Å². The third-order valence-corrected chi connectivity index (χ3v) is 4.44. The first-order chi connectivity index (χ1) is 9.71. The molecule has 0 amide bonds. The van der Waals surface area contributed by atoms with Crippen LogP contribution >= 0.6 is 0 Å². The second-order valence-electron chi connectivity index (χ2n) is 6.79. The average Bonchev–Trinajstić information content (AvgIpc) is 2.40. The van der Waals surface area contributed by atoms with Gasteiger partial charge in [-0.05, 0) is 36.3 Å². The second-order valence-corrected chi connectivity index (χ2v) is 6.79. The van der Waals surface area contributed by atoms with Gasteiger partial charge in [-0.25, -0.2) is 9.18 Å². The molecule has 1 aliphatic rings. The van der Waals surface area contributed by atoms with Crippen LogP contribution in [-0.2, 0) is 0 Å². The number of benzene rings is 1. The van der Waals surface area contributed by atoms with Crippen LogP contribution in [0.15, 0.2) is 12.1 Å². The molecule has 0 bridgehead atoms. The van der Waals surface area contributed by atoms with E-state index in [4.69, 9.17) is 5.73 Å². The number of carboxylic acid groups (broad SMARTS) is 1. The Balaban J connectivity index is 2.25. The Bertz CT molecular complexity index is 544. The van der Waals surface area contributed by atoms with E-state index in [0.717, 1.165) is 25.9 Å². The van der Waals surface area contributed by atoms with Gasteiger partial charge in [0, 0.05) is 13.1 Å². The van der Waals surface area contributed by atoms with E-state index in [9.17, 15) is 14.3 Å². The third-order valence-electron chi connectivity index (χ3n) is 4.44. The van der Waals surface area contributed by atoms with Gasteiger partial charge >= 0.3 is 5.97 Å². The molecule has 1 fully saturated rings. The number of rotatable bonds is 2. The fraction of sp³-hybridized carbons (Fsp3) is 0.562. The van der Waals surface area contributed by atoms with Gasteiger partial charge in [-0.3, -0.25) is 0 Å². The monoisotopic (exact) mass is 294 g/mol. The number of anilines is 2. The lowest BCUT2D eigenvalue weighted by molar-refractivity contribution is 0.0698. The molecule has 1 aromatic carbocycles. The summed E-state index contributed by atoms with van der Waals surface area (Å²) in [5.74, 6) is -1.25. The first kappa shape index (κ1) is 15.6. The molecule has 1 aliphatic heterocycles. The molecule has 0 saturated carbocycles. The van der Waals surface area contributed by atoms with Gasteiger partial charge in [0.1, 0.15) is 11.4 Å². The summed E-state index contributed by atoms with van der Waals surface area (Å²) in [7, 11) is 0. The smallest absolute Gasteiger partial charge is 0.340 e. The first-order valence-corrected chi connectivity index (χ1v) is 7.28. The summed E-state index contributed by atoms with van der Waals surface area (Å²) in [5.41, 5.74) is 5.98. The number of aromatic carboxylic acids is 1. The molecule has 2 rings (SSSR count). The number of carbonyl (C=O) groups is 1. The molecule has 0 unspecified atom stereocenters. The summed E-state index contributed by atoms with van der Waals surface area (Å²) in [4.78, 5) is 13.4. The molecule has 1 heterocycles. The summed E-state index contributed by atoms with van der Waals surface area (Å²) in [6, 6.07) is 2.76. The van der Waals surface area contributed by atoms with E-state index >= 15 is 0 Å². The summed E-state index contributed by atoms with van der Waals surface area (Å²) < 4.78 is 13.5. The zero-order valence-electron chi connectivity index (χ0n) is 12.8. The van der Waals surface area contributed by atoms with Gasteiger partial charge in [0.05, 0.1) is 11.4 Å². The van der Waals surface area contributed by atoms with Crippen LogP contribution in [0.25, 0.3) is 0 Å². The maximum Gasteiger partial charge on any atom is 0.340 e. The average molecular weight is 294 g/mol. The summed E-state index contributed by atoms with van der Waals surface area (Å²) in [6.07, 6.45) is 2.00. The van der Waals surface area contributed by atoms with Gasteiger partial charge in [0.15, 0.2) is 0 Å². The van der Waals surface area contributed by atoms with Crippen molar-refractivity contribution in [3.63, 3.8) is 0 Å². The van der Waals surface area contributed by atoms with E-state index in [-0.39, 0.29) is 16.7 Å². The predicted molar refractivity (Wildman–Crippen MR) is 82.2 cm³/mol. The fourth-order valence-electron chi connectivity index (χ4n) is 3.06. The zero-order valence-corrected chi connectivity index (χ0v) is 12.8. The van der Waals surface area contributed by atoms with Gasteiger partial charge in [-0.2, -0.15) is 0 Å². The number of hydrogen-bond donors (Lipinski definition) is 2. The van der Waals surface area contributed by atoms with Crippen molar-refractivity contribution in [3.8, 4) is 0 Å². The van der Waals surface area contributed by atoms with Gasteiger partial charge in [-0.15, -0.1) is 0 Å². The van der Waals surface area contributed by atoms with Crippen molar-refractivity contribution in [2.24, 2.45) is 11.3 Å². The van der Waals surface area contributed by atoms with Crippen molar-refractivity contribution in [2.45, 2.75) is 33.6 Å². The predicted octanol–water partition coefficient (Wildman–Crippen LogP) is 3.37. The van der Waals surface area contributed by atoms with E-state index in [1.165, 1.54) is 12.1 Å². The molecular formula is C16H23FN2O2. The summed E-state index contributed by atoms with van der Waals surface area (Å²) in [5, 5.41) is 9.31. The van der Waals surface area contributed by atoms with Crippen molar-refractivity contribution in [1.82, 2.24) is 0 Å². The number of nitrogens with two attached hydrogens (primary N) is 1. The highest BCUT2D eigenvalue weighted by Gasteiger charge is 2.30. The van der Waals surface area contributed by atoms with Crippen molar-refractivity contribution < 1.29 is 14.3 Å². The van der Waals surface area contributed by atoms with Crippen LogP contribution in [0.2, 0.25) is 0 Å². The molecule has 5 heteroatoms. The molecule has 4 nitrogen and oxygen atoms in total. The lowest BCUT2D eigenvalue weighted by Crippen LogP contribution is -2.38. The zero-order chi connectivity index (χ0) is 15.8. The van der Waals surface area contributed by atoms with E-state index < -0.39 is 11.8 Å². The van der Waals surface area contributed by atoms with Crippen LogP contribution in [0.4, 0.5) is 15.8 Å². The van der Waals surface area contributed by atoms with Gasteiger partial charge < -0.3 is 15.7 Å². The van der Waals surface area contributed by atoms with Crippen LogP contribution in [0.1, 0.15) is 44.0 Å². The number of nitrogens with zero attached hydrogens (tertiary/aromatic N) is 1. The Morgan fingerprint density at radius 1 is 1.33 bits per heavy atom. The maximum atomic E-state index is 13.5. The van der Waals surface area contributed by atoms with Gasteiger partial charge in [-0.1, -0.05) is 20.8 Å². The normalized spacial score (nSPS) is 17.0. The SMILES string of the molecule is CC(C)(C)C1CCN(c2ccc(F)c(N)c2C(=O)O)CC1. The summed E-state index contributed by atoms with van der Waals surface area (Å²) >= 11 is 0. The standard InChI is InChI=1S/C16H23FN2O2/c1-16(2,3)10-6-8-19(9-7-10)12-5-4-11(17)14(18)13(12)15(20)21/h4-5,10H,6-9,18H2,1-3H3,(H,20,21). The highest BCUT2D eigenvalue weighted by Crippen LogP contribution is 2.37. The minimum atomic E-state index is -1.18. The van der Waals surface area contributed by atoms with Crippen molar-refractivity contribution in [3.05, 3.63) is 23.5 Å². The molecule has 0 atom stereocenters.